The second-order valence-corrected chi connectivity index (χ2v) is 8.42. The van der Waals surface area contributed by atoms with Crippen LogP contribution in [0.3, 0.4) is 0 Å². The minimum Gasteiger partial charge on any atom is -0.389 e. The molecular formula is C19H18FN5O3S2. The fraction of sp³-hybridized carbons (Fsp3) is 0.263. The molecule has 1 N–H and O–H groups in total. The van der Waals surface area contributed by atoms with Crippen molar-refractivity contribution in [2.24, 2.45) is 12.2 Å². The zero-order chi connectivity index (χ0) is 20.9. The Kier molecular flexibility index (Phi) is 6.41. The molecule has 1 saturated heterocycles. The van der Waals surface area contributed by atoms with Crippen LogP contribution in [-0.4, -0.2) is 45.5 Å². The summed E-state index contributed by atoms with van der Waals surface area (Å²) in [7, 11) is 1.92. The summed E-state index contributed by atoms with van der Waals surface area (Å²) in [5.74, 6) is -0.534. The van der Waals surface area contributed by atoms with Crippen molar-refractivity contribution in [3.63, 3.8) is 0 Å². The number of oxime groups is 1. The predicted octanol–water partition coefficient (Wildman–Crippen LogP) is 3.32. The Morgan fingerprint density at radius 1 is 1.40 bits per heavy atom. The number of benzene rings is 1. The molecule has 2 aromatic heterocycles. The lowest BCUT2D eigenvalue weighted by molar-refractivity contribution is -0.110. The molecule has 0 aliphatic carbocycles. The van der Waals surface area contributed by atoms with Crippen LogP contribution in [0.5, 0.6) is 0 Å². The second-order valence-electron chi connectivity index (χ2n) is 6.40. The van der Waals surface area contributed by atoms with Crippen molar-refractivity contribution in [3.05, 3.63) is 53.6 Å². The lowest BCUT2D eigenvalue weighted by Gasteiger charge is -2.10. The first-order valence-electron chi connectivity index (χ1n) is 9.08. The Morgan fingerprint density at radius 2 is 2.23 bits per heavy atom. The molecule has 3 heterocycles. The number of anilines is 1. The normalized spacial score (nSPS) is 16.6. The minimum absolute atomic E-state index is 0.0750. The summed E-state index contributed by atoms with van der Waals surface area (Å²) in [4.78, 5) is 27.4. The van der Waals surface area contributed by atoms with Crippen LogP contribution in [-0.2, 0) is 21.4 Å². The van der Waals surface area contributed by atoms with Crippen LogP contribution in [0.1, 0.15) is 12.0 Å². The number of aromatic nitrogens is 3. The van der Waals surface area contributed by atoms with Crippen molar-refractivity contribution < 1.29 is 18.8 Å². The fourth-order valence-electron chi connectivity index (χ4n) is 2.65. The third kappa shape index (κ3) is 5.04. The van der Waals surface area contributed by atoms with E-state index < -0.39 is 11.0 Å². The van der Waals surface area contributed by atoms with E-state index >= 15 is 0 Å². The van der Waals surface area contributed by atoms with Gasteiger partial charge >= 0.3 is 0 Å². The number of imidazole rings is 1. The van der Waals surface area contributed by atoms with Crippen LogP contribution in [0, 0.1) is 5.13 Å². The summed E-state index contributed by atoms with van der Waals surface area (Å²) in [6, 6.07) is 7.31. The number of hydrogen-bond acceptors (Lipinski definition) is 8. The zero-order valence-electron chi connectivity index (χ0n) is 15.9. The van der Waals surface area contributed by atoms with E-state index in [9.17, 15) is 9.18 Å². The number of hydrogen-bond donors (Lipinski definition) is 1. The van der Waals surface area contributed by atoms with E-state index in [2.05, 4.69) is 20.4 Å². The SMILES string of the molecule is Cn1ccnc1Sc1ccc(C(=NO[C@@H]2CCOC2)C(=O)Nc2ncc(F)s2)cc1. The highest BCUT2D eigenvalue weighted by molar-refractivity contribution is 7.99. The van der Waals surface area contributed by atoms with Gasteiger partial charge in [-0.15, -0.1) is 0 Å². The summed E-state index contributed by atoms with van der Waals surface area (Å²) in [5.41, 5.74) is 0.638. The van der Waals surface area contributed by atoms with Crippen LogP contribution < -0.4 is 5.32 Å². The number of thiazole rings is 1. The van der Waals surface area contributed by atoms with Gasteiger partial charge in [0.2, 0.25) is 0 Å². The third-order valence-electron chi connectivity index (χ3n) is 4.21. The Labute approximate surface area is 180 Å². The molecule has 4 rings (SSSR count). The molecule has 1 aromatic carbocycles. The maximum atomic E-state index is 13.2. The standard InChI is InChI=1S/C19H18FN5O3S2/c1-25-8-7-21-19(25)29-14-4-2-12(3-5-14)16(24-28-13-6-9-27-11-13)17(26)23-18-22-10-15(20)30-18/h2-5,7-8,10,13H,6,9,11H2,1H3,(H,22,23,26)/t13-/m1/s1. The molecule has 0 spiro atoms. The van der Waals surface area contributed by atoms with E-state index in [1.165, 1.54) is 11.8 Å². The molecule has 1 fully saturated rings. The number of rotatable bonds is 7. The van der Waals surface area contributed by atoms with Crippen LogP contribution in [0.15, 0.2) is 58.1 Å². The van der Waals surface area contributed by atoms with Crippen LogP contribution in [0.4, 0.5) is 9.52 Å². The molecule has 3 aromatic rings. The number of carbonyl (C=O) groups is 1. The monoisotopic (exact) mass is 447 g/mol. The summed E-state index contributed by atoms with van der Waals surface area (Å²) in [6.07, 6.45) is 5.15. The maximum absolute atomic E-state index is 13.2. The lowest BCUT2D eigenvalue weighted by atomic mass is 10.1. The average Bonchev–Trinajstić information content (AvgIpc) is 3.48. The molecule has 8 nitrogen and oxygen atoms in total. The smallest absolute Gasteiger partial charge is 0.280 e. The van der Waals surface area contributed by atoms with Gasteiger partial charge < -0.3 is 14.1 Å². The van der Waals surface area contributed by atoms with E-state index in [-0.39, 0.29) is 16.9 Å². The molecule has 0 saturated carbocycles. The van der Waals surface area contributed by atoms with Gasteiger partial charge in [-0.3, -0.25) is 10.1 Å². The quantitative estimate of drug-likeness (QED) is 0.441. The summed E-state index contributed by atoms with van der Waals surface area (Å²) in [5, 5.41) is 7.16. The molecule has 1 amide bonds. The predicted molar refractivity (Wildman–Crippen MR) is 111 cm³/mol. The van der Waals surface area contributed by atoms with E-state index in [1.54, 1.807) is 18.3 Å². The highest BCUT2D eigenvalue weighted by Gasteiger charge is 2.21. The topological polar surface area (TPSA) is 90.6 Å². The highest BCUT2D eigenvalue weighted by atomic mass is 32.2. The molecule has 0 radical (unpaired) electrons. The van der Waals surface area contributed by atoms with Crippen LogP contribution in [0.2, 0.25) is 0 Å². The first-order valence-corrected chi connectivity index (χ1v) is 10.7. The zero-order valence-corrected chi connectivity index (χ0v) is 17.6. The Morgan fingerprint density at radius 3 is 2.87 bits per heavy atom. The number of carbonyl (C=O) groups excluding carboxylic acids is 1. The number of ether oxygens (including phenoxy) is 1. The Balaban J connectivity index is 1.53. The van der Waals surface area contributed by atoms with Gasteiger partial charge in [-0.25, -0.2) is 9.97 Å². The largest absolute Gasteiger partial charge is 0.389 e. The van der Waals surface area contributed by atoms with Gasteiger partial charge in [0, 0.05) is 36.3 Å². The van der Waals surface area contributed by atoms with Gasteiger partial charge in [0.25, 0.3) is 5.91 Å². The molecule has 0 bridgehead atoms. The number of amides is 1. The van der Waals surface area contributed by atoms with Gasteiger partial charge in [-0.1, -0.05) is 40.4 Å². The van der Waals surface area contributed by atoms with E-state index in [0.29, 0.717) is 25.2 Å². The fourth-order valence-corrected chi connectivity index (χ4v) is 3.99. The average molecular weight is 448 g/mol. The number of nitrogens with one attached hydrogen (secondary N) is 1. The van der Waals surface area contributed by atoms with Gasteiger partial charge in [-0.05, 0) is 12.1 Å². The third-order valence-corrected chi connectivity index (χ3v) is 5.99. The second kappa shape index (κ2) is 9.37. The van der Waals surface area contributed by atoms with E-state index in [1.807, 2.05) is 29.9 Å². The molecule has 1 aliphatic rings. The Hall–Kier alpha value is -2.76. The minimum atomic E-state index is -0.534. The van der Waals surface area contributed by atoms with Crippen molar-refractivity contribution in [3.8, 4) is 0 Å². The summed E-state index contributed by atoms with van der Waals surface area (Å²) in [6.45, 7) is 1.02. The van der Waals surface area contributed by atoms with Gasteiger partial charge in [0.05, 0.1) is 19.4 Å². The molecule has 156 valence electrons. The molecule has 1 atom stereocenters. The van der Waals surface area contributed by atoms with E-state index in [4.69, 9.17) is 9.57 Å². The van der Waals surface area contributed by atoms with Crippen molar-refractivity contribution >= 4 is 39.8 Å². The van der Waals surface area contributed by atoms with Crippen molar-refractivity contribution in [1.82, 2.24) is 14.5 Å². The molecule has 11 heteroatoms. The van der Waals surface area contributed by atoms with E-state index in [0.717, 1.165) is 27.6 Å². The highest BCUT2D eigenvalue weighted by Crippen LogP contribution is 2.26. The number of aryl methyl sites for hydroxylation is 1. The number of nitrogens with zero attached hydrogens (tertiary/aromatic N) is 4. The first-order chi connectivity index (χ1) is 14.6. The summed E-state index contributed by atoms with van der Waals surface area (Å²) < 4.78 is 20.4. The number of halogens is 1. The van der Waals surface area contributed by atoms with Gasteiger partial charge in [-0.2, -0.15) is 4.39 Å². The summed E-state index contributed by atoms with van der Waals surface area (Å²) >= 11 is 2.24. The van der Waals surface area contributed by atoms with Gasteiger partial charge in [0.1, 0.15) is 0 Å². The van der Waals surface area contributed by atoms with Crippen molar-refractivity contribution in [2.45, 2.75) is 22.6 Å². The van der Waals surface area contributed by atoms with Crippen molar-refractivity contribution in [2.75, 3.05) is 18.5 Å². The van der Waals surface area contributed by atoms with Gasteiger partial charge in [0.15, 0.2) is 27.2 Å². The molecule has 30 heavy (non-hydrogen) atoms. The van der Waals surface area contributed by atoms with Crippen LogP contribution >= 0.6 is 23.1 Å². The molecule has 1 aliphatic heterocycles. The van der Waals surface area contributed by atoms with Crippen LogP contribution in [0.25, 0.3) is 0 Å². The first kappa shape index (κ1) is 20.5. The molecular weight excluding hydrogens is 429 g/mol. The Bertz CT molecular complexity index is 1040. The lowest BCUT2D eigenvalue weighted by Crippen LogP contribution is -2.25. The molecule has 0 unspecified atom stereocenters. The van der Waals surface area contributed by atoms with Crippen molar-refractivity contribution in [1.29, 1.82) is 0 Å². The maximum Gasteiger partial charge on any atom is 0.280 e.